The van der Waals surface area contributed by atoms with Crippen LogP contribution in [0.25, 0.3) is 10.9 Å². The number of anilines is 2. The molecule has 0 saturated heterocycles. The fourth-order valence-electron chi connectivity index (χ4n) is 3.91. The number of hydrogen-bond acceptors (Lipinski definition) is 6. The minimum Gasteiger partial charge on any atom is -0.383 e. The van der Waals surface area contributed by atoms with Gasteiger partial charge in [-0.15, -0.1) is 5.10 Å². The second-order valence-corrected chi connectivity index (χ2v) is 11.1. The first-order valence-corrected chi connectivity index (χ1v) is 12.6. The molecule has 0 unspecified atom stereocenters. The van der Waals surface area contributed by atoms with E-state index in [4.69, 9.17) is 23.2 Å². The molecule has 1 aliphatic rings. The maximum Gasteiger partial charge on any atom is 0.109 e. The molecular weight excluding hydrogens is 493 g/mol. The van der Waals surface area contributed by atoms with Gasteiger partial charge in [0, 0.05) is 28.8 Å². The highest BCUT2D eigenvalue weighted by atomic mass is 35.5. The summed E-state index contributed by atoms with van der Waals surface area (Å²) in [4.78, 5) is 4.44. The van der Waals surface area contributed by atoms with Crippen LogP contribution in [0.1, 0.15) is 63.9 Å². The summed E-state index contributed by atoms with van der Waals surface area (Å²) in [5.41, 5.74) is 3.32. The highest BCUT2D eigenvalue weighted by molar-refractivity contribution is 6.36. The molecule has 2 heterocycles. The summed E-state index contributed by atoms with van der Waals surface area (Å²) in [5, 5.41) is 26.8. The van der Waals surface area contributed by atoms with E-state index >= 15 is 0 Å². The highest BCUT2D eigenvalue weighted by Crippen LogP contribution is 2.37. The fourth-order valence-corrected chi connectivity index (χ4v) is 4.31. The smallest absolute Gasteiger partial charge is 0.109 e. The summed E-state index contributed by atoms with van der Waals surface area (Å²) in [6.45, 7) is 6.99. The number of hydrogen-bond donors (Lipinski definition) is 2. The van der Waals surface area contributed by atoms with Gasteiger partial charge >= 0.3 is 0 Å². The van der Waals surface area contributed by atoms with Crippen LogP contribution in [-0.2, 0) is 0 Å². The molecule has 0 radical (unpaired) electrons. The Balaban J connectivity index is 1.62. The molecule has 4 aromatic rings. The zero-order chi connectivity index (χ0) is 26.4. The van der Waals surface area contributed by atoms with E-state index in [0.717, 1.165) is 12.8 Å². The molecule has 2 N–H and O–H groups in total. The maximum absolute atomic E-state index is 9.77. The first-order valence-electron chi connectivity index (χ1n) is 12.3. The molecule has 2 aromatic carbocycles. The van der Waals surface area contributed by atoms with E-state index in [1.807, 2.05) is 16.9 Å². The lowest BCUT2D eigenvalue weighted by Crippen LogP contribution is -2.20. The summed E-state index contributed by atoms with van der Waals surface area (Å²) in [7, 11) is 0. The Bertz CT molecular complexity index is 1500. The molecule has 184 valence electrons. The van der Waals surface area contributed by atoms with Crippen molar-refractivity contribution in [3.05, 3.63) is 75.7 Å². The predicted molar refractivity (Wildman–Crippen MR) is 145 cm³/mol. The van der Waals surface area contributed by atoms with Gasteiger partial charge in [-0.2, -0.15) is 5.26 Å². The quantitative estimate of drug-likeness (QED) is 0.272. The number of nitrogens with one attached hydrogen (secondary N) is 2. The summed E-state index contributed by atoms with van der Waals surface area (Å²) in [6, 6.07) is 11.8. The average Bonchev–Trinajstić information content (AvgIpc) is 3.58. The molecule has 7 nitrogen and oxygen atoms in total. The van der Waals surface area contributed by atoms with Crippen LogP contribution >= 0.6 is 23.2 Å². The van der Waals surface area contributed by atoms with E-state index in [1.54, 1.807) is 30.3 Å². The highest BCUT2D eigenvalue weighted by Gasteiger charge is 2.27. The van der Waals surface area contributed by atoms with Crippen molar-refractivity contribution in [3.8, 4) is 6.07 Å². The zero-order valence-electron chi connectivity index (χ0n) is 21.3. The van der Waals surface area contributed by atoms with Crippen LogP contribution in [0.15, 0.2) is 48.8 Å². The first-order chi connectivity index (χ1) is 17.6. The Morgan fingerprint density at radius 1 is 1.22 bits per heavy atom. The third-order valence-electron chi connectivity index (χ3n) is 5.93. The normalized spacial score (nSPS) is 15.7. The molecule has 1 saturated carbocycles. The second kappa shape index (κ2) is 9.61. The van der Waals surface area contributed by atoms with Crippen LogP contribution in [0.5, 0.6) is 0 Å². The van der Waals surface area contributed by atoms with Crippen molar-refractivity contribution < 1.29 is 1.37 Å². The number of rotatable bonds is 7. The summed E-state index contributed by atoms with van der Waals surface area (Å²) in [5.74, 6) is 0. The van der Waals surface area contributed by atoms with Crippen molar-refractivity contribution in [1.82, 2.24) is 20.0 Å². The molecular formula is C27H27Cl2N7. The van der Waals surface area contributed by atoms with E-state index in [-0.39, 0.29) is 5.41 Å². The van der Waals surface area contributed by atoms with Crippen molar-refractivity contribution in [1.29, 1.82) is 5.26 Å². The maximum atomic E-state index is 9.77. The number of nitriles is 1. The molecule has 1 atom stereocenters. The second-order valence-electron chi connectivity index (χ2n) is 10.2. The van der Waals surface area contributed by atoms with Crippen LogP contribution < -0.4 is 10.6 Å². The van der Waals surface area contributed by atoms with Gasteiger partial charge in [0.25, 0.3) is 0 Å². The third kappa shape index (κ3) is 5.25. The standard InChI is InChI=1S/C27H27Cl2N7/c1-27(2,3)15-32-24-17(12-30)13-31-26-21(24)10-19(11-22(26)29)33-25(16-4-6-18(28)7-5-16)23-14-36(35-34-23)20-8-9-20/h4-7,10-11,13-14,20,25,33H,8-9,15H2,1-3H3,(H,31,32)/t25-/m0/s1/i25D. The molecule has 0 amide bonds. The molecule has 0 aliphatic heterocycles. The molecule has 2 aromatic heterocycles. The van der Waals surface area contributed by atoms with Crippen LogP contribution in [0.2, 0.25) is 10.0 Å². The Hall–Kier alpha value is -3.34. The van der Waals surface area contributed by atoms with Crippen molar-refractivity contribution in [2.24, 2.45) is 5.41 Å². The topological polar surface area (TPSA) is 91.5 Å². The van der Waals surface area contributed by atoms with E-state index < -0.39 is 6.02 Å². The van der Waals surface area contributed by atoms with Crippen LogP contribution in [0.3, 0.4) is 0 Å². The van der Waals surface area contributed by atoms with Gasteiger partial charge in [0.1, 0.15) is 11.8 Å². The minimum atomic E-state index is -1.48. The molecule has 36 heavy (non-hydrogen) atoms. The number of benzene rings is 2. The zero-order valence-corrected chi connectivity index (χ0v) is 21.8. The number of fused-ring (bicyclic) bond motifs is 1. The number of nitrogens with zero attached hydrogens (tertiary/aromatic N) is 5. The van der Waals surface area contributed by atoms with E-state index in [2.05, 4.69) is 52.8 Å². The molecule has 5 rings (SSSR count). The molecule has 0 spiro atoms. The van der Waals surface area contributed by atoms with Crippen molar-refractivity contribution in [2.45, 2.75) is 45.7 Å². The SMILES string of the molecule is [2H][C@](Nc1cc(Cl)c2ncc(C#N)c(NCC(C)(C)C)c2c1)(c1ccc(Cl)cc1)c1cn(C2CC2)nn1. The van der Waals surface area contributed by atoms with Crippen molar-refractivity contribution in [2.75, 3.05) is 17.2 Å². The predicted octanol–water partition coefficient (Wildman–Crippen LogP) is 7.00. The van der Waals surface area contributed by atoms with Gasteiger partial charge in [-0.3, -0.25) is 4.98 Å². The summed E-state index contributed by atoms with van der Waals surface area (Å²) in [6.07, 6.45) is 5.47. The van der Waals surface area contributed by atoms with Crippen LogP contribution in [0, 0.1) is 16.7 Å². The minimum absolute atomic E-state index is 0.0136. The van der Waals surface area contributed by atoms with Gasteiger partial charge in [0.05, 0.1) is 41.4 Å². The van der Waals surface area contributed by atoms with E-state index in [1.165, 1.54) is 6.20 Å². The summed E-state index contributed by atoms with van der Waals surface area (Å²) >= 11 is 12.8. The van der Waals surface area contributed by atoms with E-state index in [0.29, 0.717) is 61.7 Å². The summed E-state index contributed by atoms with van der Waals surface area (Å²) < 4.78 is 11.4. The lowest BCUT2D eigenvalue weighted by atomic mass is 9.96. The molecule has 1 fully saturated rings. The third-order valence-corrected chi connectivity index (χ3v) is 6.47. The molecule has 9 heteroatoms. The first kappa shape index (κ1) is 23.1. The Morgan fingerprint density at radius 2 is 1.97 bits per heavy atom. The Labute approximate surface area is 221 Å². The van der Waals surface area contributed by atoms with Gasteiger partial charge in [-0.25, -0.2) is 4.68 Å². The van der Waals surface area contributed by atoms with E-state index in [9.17, 15) is 6.63 Å². The van der Waals surface area contributed by atoms with Crippen LogP contribution in [0.4, 0.5) is 11.4 Å². The fraction of sp³-hybridized carbons (Fsp3) is 0.333. The number of halogens is 2. The Kier molecular flexibility index (Phi) is 6.16. The Morgan fingerprint density at radius 3 is 2.64 bits per heavy atom. The van der Waals surface area contributed by atoms with Gasteiger partial charge in [-0.05, 0) is 48.1 Å². The largest absolute Gasteiger partial charge is 0.383 e. The number of pyridine rings is 1. The van der Waals surface area contributed by atoms with Gasteiger partial charge in [-0.1, -0.05) is 61.3 Å². The molecule has 1 aliphatic carbocycles. The van der Waals surface area contributed by atoms with Crippen molar-refractivity contribution in [3.63, 3.8) is 0 Å². The molecule has 0 bridgehead atoms. The lowest BCUT2D eigenvalue weighted by molar-refractivity contribution is 0.443. The van der Waals surface area contributed by atoms with Crippen molar-refractivity contribution >= 4 is 45.5 Å². The average molecular weight is 521 g/mol. The number of aromatic nitrogens is 4. The lowest BCUT2D eigenvalue weighted by Gasteiger charge is -2.22. The van der Waals surface area contributed by atoms with Gasteiger partial charge < -0.3 is 10.6 Å². The van der Waals surface area contributed by atoms with Gasteiger partial charge in [0.2, 0.25) is 0 Å². The van der Waals surface area contributed by atoms with Crippen LogP contribution in [-0.4, -0.2) is 26.5 Å². The van der Waals surface area contributed by atoms with Gasteiger partial charge in [0.15, 0.2) is 0 Å². The monoisotopic (exact) mass is 520 g/mol.